The molecule has 0 atom stereocenters. The second-order valence-electron chi connectivity index (χ2n) is 7.02. The van der Waals surface area contributed by atoms with E-state index in [9.17, 15) is 4.79 Å². The summed E-state index contributed by atoms with van der Waals surface area (Å²) in [6.07, 6.45) is 0.865. The van der Waals surface area contributed by atoms with Crippen molar-refractivity contribution in [2.75, 3.05) is 44.7 Å². The summed E-state index contributed by atoms with van der Waals surface area (Å²) >= 11 is 1.46. The van der Waals surface area contributed by atoms with Gasteiger partial charge in [0.05, 0.1) is 6.54 Å². The van der Waals surface area contributed by atoms with Gasteiger partial charge in [0.25, 0.3) is 0 Å². The highest BCUT2D eigenvalue weighted by molar-refractivity contribution is 7.09. The second-order valence-corrected chi connectivity index (χ2v) is 7.75. The lowest BCUT2D eigenvalue weighted by atomic mass is 10.1. The third-order valence-corrected chi connectivity index (χ3v) is 4.57. The van der Waals surface area contributed by atoms with Crippen LogP contribution in [0.15, 0.2) is 4.99 Å². The van der Waals surface area contributed by atoms with E-state index in [0.29, 0.717) is 0 Å². The zero-order valence-electron chi connectivity index (χ0n) is 15.8. The zero-order valence-corrected chi connectivity index (χ0v) is 16.6. The van der Waals surface area contributed by atoms with Crippen LogP contribution in [-0.4, -0.2) is 71.4 Å². The van der Waals surface area contributed by atoms with Crippen LogP contribution >= 0.6 is 11.5 Å². The van der Waals surface area contributed by atoms with E-state index in [0.717, 1.165) is 49.5 Å². The molecule has 140 valence electrons. The zero-order chi connectivity index (χ0) is 18.4. The van der Waals surface area contributed by atoms with E-state index in [-0.39, 0.29) is 18.0 Å². The summed E-state index contributed by atoms with van der Waals surface area (Å²) in [7, 11) is 1.74. The maximum atomic E-state index is 12.0. The Morgan fingerprint density at radius 3 is 2.48 bits per heavy atom. The fraction of sp³-hybridized carbons (Fsp3) is 0.750. The third kappa shape index (κ3) is 5.84. The number of carbonyl (C=O) groups is 1. The number of aliphatic imine (C=N–C) groups is 1. The minimum absolute atomic E-state index is 0.0340. The average Bonchev–Trinajstić information content (AvgIpc) is 3.03. The predicted octanol–water partition coefficient (Wildman–Crippen LogP) is 0.713. The molecule has 1 aromatic heterocycles. The van der Waals surface area contributed by atoms with Crippen molar-refractivity contribution in [3.05, 3.63) is 5.82 Å². The topological polar surface area (TPSA) is 85.8 Å². The van der Waals surface area contributed by atoms with Crippen molar-refractivity contribution in [3.8, 4) is 0 Å². The summed E-state index contributed by atoms with van der Waals surface area (Å²) in [6.45, 7) is 11.6. The number of nitrogens with one attached hydrogen (secondary N) is 2. The molecular weight excluding hydrogens is 338 g/mol. The summed E-state index contributed by atoms with van der Waals surface area (Å²) in [6, 6.07) is 0. The summed E-state index contributed by atoms with van der Waals surface area (Å²) in [5.74, 6) is 1.63. The quantitative estimate of drug-likeness (QED) is 0.602. The molecule has 25 heavy (non-hydrogen) atoms. The van der Waals surface area contributed by atoms with Crippen LogP contribution in [0, 0.1) is 0 Å². The van der Waals surface area contributed by atoms with Crippen molar-refractivity contribution in [3.63, 3.8) is 0 Å². The maximum Gasteiger partial charge on any atom is 0.239 e. The fourth-order valence-corrected chi connectivity index (χ4v) is 3.38. The lowest BCUT2D eigenvalue weighted by molar-refractivity contribution is -0.121. The number of guanidine groups is 1. The molecule has 1 fully saturated rings. The minimum Gasteiger partial charge on any atom is -0.350 e. The number of anilines is 1. The summed E-state index contributed by atoms with van der Waals surface area (Å²) in [5.41, 5.74) is -0.229. The molecule has 0 bridgehead atoms. The molecular formula is C16H29N7OS. The van der Waals surface area contributed by atoms with Gasteiger partial charge in [-0.1, -0.05) is 6.92 Å². The van der Waals surface area contributed by atoms with Gasteiger partial charge in [0, 0.05) is 56.7 Å². The Balaban J connectivity index is 1.82. The Kier molecular flexibility index (Phi) is 6.57. The summed E-state index contributed by atoms with van der Waals surface area (Å²) < 4.78 is 4.35. The van der Waals surface area contributed by atoms with E-state index in [2.05, 4.69) is 41.7 Å². The van der Waals surface area contributed by atoms with E-state index in [1.165, 1.54) is 11.5 Å². The first-order chi connectivity index (χ1) is 11.8. The number of aryl methyl sites for hydroxylation is 1. The van der Waals surface area contributed by atoms with Crippen molar-refractivity contribution >= 4 is 28.5 Å². The Morgan fingerprint density at radius 2 is 1.96 bits per heavy atom. The standard InChI is InChI=1S/C16H29N7OS/c1-6-12-19-15(25-21-12)23-9-7-22(8-10-23)14(17-5)18-11-13(24)20-16(2,3)4/h6-11H2,1-5H3,(H,17,18)(H,20,24). The van der Waals surface area contributed by atoms with Crippen LogP contribution in [-0.2, 0) is 11.2 Å². The van der Waals surface area contributed by atoms with Crippen molar-refractivity contribution in [2.24, 2.45) is 4.99 Å². The number of hydrogen-bond acceptors (Lipinski definition) is 6. The second kappa shape index (κ2) is 8.46. The molecule has 1 saturated heterocycles. The van der Waals surface area contributed by atoms with E-state index in [1.807, 2.05) is 20.8 Å². The van der Waals surface area contributed by atoms with Gasteiger partial charge in [0.2, 0.25) is 11.0 Å². The molecule has 8 nitrogen and oxygen atoms in total. The van der Waals surface area contributed by atoms with Gasteiger partial charge in [0.15, 0.2) is 5.96 Å². The van der Waals surface area contributed by atoms with Gasteiger partial charge < -0.3 is 20.4 Å². The number of aromatic nitrogens is 2. The minimum atomic E-state index is -0.229. The SMILES string of the molecule is CCc1nsc(N2CCN(C(=NC)NCC(=O)NC(C)(C)C)CC2)n1. The van der Waals surface area contributed by atoms with Gasteiger partial charge in [-0.05, 0) is 20.8 Å². The van der Waals surface area contributed by atoms with Crippen LogP contribution in [0.25, 0.3) is 0 Å². The molecule has 1 aromatic rings. The van der Waals surface area contributed by atoms with E-state index < -0.39 is 0 Å². The van der Waals surface area contributed by atoms with Crippen molar-refractivity contribution < 1.29 is 4.79 Å². The number of hydrogen-bond donors (Lipinski definition) is 2. The maximum absolute atomic E-state index is 12.0. The number of piperazine rings is 1. The Labute approximate surface area is 153 Å². The molecule has 1 aliphatic heterocycles. The molecule has 1 amide bonds. The molecule has 2 N–H and O–H groups in total. The normalized spacial score (nSPS) is 16.1. The van der Waals surface area contributed by atoms with E-state index >= 15 is 0 Å². The Bertz CT molecular complexity index is 600. The molecule has 2 rings (SSSR count). The average molecular weight is 368 g/mol. The lowest BCUT2D eigenvalue weighted by Gasteiger charge is -2.36. The van der Waals surface area contributed by atoms with Crippen LogP contribution in [0.3, 0.4) is 0 Å². The van der Waals surface area contributed by atoms with Crippen molar-refractivity contribution in [1.29, 1.82) is 0 Å². The highest BCUT2D eigenvalue weighted by Gasteiger charge is 2.22. The van der Waals surface area contributed by atoms with Gasteiger partial charge in [-0.3, -0.25) is 9.79 Å². The molecule has 1 aliphatic rings. The highest BCUT2D eigenvalue weighted by Crippen LogP contribution is 2.19. The summed E-state index contributed by atoms with van der Waals surface area (Å²) in [4.78, 5) is 25.2. The molecule has 2 heterocycles. The van der Waals surface area contributed by atoms with E-state index in [1.54, 1.807) is 7.05 Å². The van der Waals surface area contributed by atoms with Gasteiger partial charge in [-0.25, -0.2) is 4.98 Å². The molecule has 0 radical (unpaired) electrons. The number of carbonyl (C=O) groups excluding carboxylic acids is 1. The first kappa shape index (κ1) is 19.4. The lowest BCUT2D eigenvalue weighted by Crippen LogP contribution is -2.54. The fourth-order valence-electron chi connectivity index (χ4n) is 2.58. The smallest absolute Gasteiger partial charge is 0.239 e. The van der Waals surface area contributed by atoms with Crippen LogP contribution in [0.4, 0.5) is 5.13 Å². The number of rotatable bonds is 4. The Hall–Kier alpha value is -1.90. The van der Waals surface area contributed by atoms with Gasteiger partial charge in [0.1, 0.15) is 5.82 Å². The van der Waals surface area contributed by atoms with Crippen LogP contribution in [0.2, 0.25) is 0 Å². The molecule has 0 saturated carbocycles. The van der Waals surface area contributed by atoms with Gasteiger partial charge >= 0.3 is 0 Å². The van der Waals surface area contributed by atoms with Crippen molar-refractivity contribution in [1.82, 2.24) is 24.9 Å². The largest absolute Gasteiger partial charge is 0.350 e. The number of nitrogens with zero attached hydrogens (tertiary/aromatic N) is 5. The molecule has 0 aromatic carbocycles. The van der Waals surface area contributed by atoms with Crippen LogP contribution in [0.1, 0.15) is 33.5 Å². The van der Waals surface area contributed by atoms with E-state index in [4.69, 9.17) is 0 Å². The molecule has 9 heteroatoms. The van der Waals surface area contributed by atoms with Crippen molar-refractivity contribution in [2.45, 2.75) is 39.7 Å². The molecule has 0 aliphatic carbocycles. The van der Waals surface area contributed by atoms with Crippen LogP contribution < -0.4 is 15.5 Å². The predicted molar refractivity (Wildman–Crippen MR) is 102 cm³/mol. The van der Waals surface area contributed by atoms with Gasteiger partial charge in [-0.2, -0.15) is 4.37 Å². The van der Waals surface area contributed by atoms with Crippen LogP contribution in [0.5, 0.6) is 0 Å². The first-order valence-corrected chi connectivity index (χ1v) is 9.44. The highest BCUT2D eigenvalue weighted by atomic mass is 32.1. The molecule has 0 unspecified atom stereocenters. The Morgan fingerprint density at radius 1 is 1.28 bits per heavy atom. The molecule has 0 spiro atoms. The first-order valence-electron chi connectivity index (χ1n) is 8.66. The number of amides is 1. The third-order valence-electron chi connectivity index (χ3n) is 3.76. The van der Waals surface area contributed by atoms with Gasteiger partial charge in [-0.15, -0.1) is 0 Å². The summed E-state index contributed by atoms with van der Waals surface area (Å²) in [5, 5.41) is 7.08. The monoisotopic (exact) mass is 367 g/mol.